The molecule has 2 fully saturated rings. The van der Waals surface area contributed by atoms with Crippen LogP contribution >= 0.6 is 0 Å². The number of hydrogen-bond donors (Lipinski definition) is 2. The highest BCUT2D eigenvalue weighted by Crippen LogP contribution is 2.36. The number of hydrogen-bond acceptors (Lipinski definition) is 4. The first-order chi connectivity index (χ1) is 13.9. The second-order valence-corrected chi connectivity index (χ2v) is 8.65. The minimum Gasteiger partial charge on any atom is -0.582 e. The Kier molecular flexibility index (Phi) is 11.7. The van der Waals surface area contributed by atoms with Crippen LogP contribution in [-0.4, -0.2) is 82.3 Å². The third-order valence-electron chi connectivity index (χ3n) is 4.35. The van der Waals surface area contributed by atoms with E-state index in [-0.39, 0.29) is 38.4 Å². The summed E-state index contributed by atoms with van der Waals surface area (Å²) in [5.74, 6) is -4.78. The summed E-state index contributed by atoms with van der Waals surface area (Å²) < 4.78 is 105. The van der Waals surface area contributed by atoms with Gasteiger partial charge in [-0.05, 0) is 0 Å². The molecule has 0 atom stereocenters. The third-order valence-corrected chi connectivity index (χ3v) is 4.35. The lowest BCUT2D eigenvalue weighted by Gasteiger charge is -2.37. The molecule has 0 unspecified atom stereocenters. The number of aliphatic hydroxyl groups excluding tert-OH is 2. The Morgan fingerprint density at radius 2 is 1.42 bits per heavy atom. The molecule has 2 rings (SSSR count). The molecule has 0 amide bonds. The van der Waals surface area contributed by atoms with Crippen LogP contribution in [-0.2, 0) is 13.8 Å². The molecule has 0 bridgehead atoms. The lowest BCUT2D eigenvalue weighted by atomic mass is 9.90. The first-order valence-electron chi connectivity index (χ1n) is 9.57. The minimum absolute atomic E-state index is 0.0451. The predicted octanol–water partition coefficient (Wildman–Crippen LogP) is 3.91. The minimum atomic E-state index is -5.55. The van der Waals surface area contributed by atoms with Crippen molar-refractivity contribution in [3.05, 3.63) is 0 Å². The lowest BCUT2D eigenvalue weighted by molar-refractivity contribution is -0.300. The lowest BCUT2D eigenvalue weighted by Crippen LogP contribution is -2.46. The summed E-state index contributed by atoms with van der Waals surface area (Å²) in [6.07, 6.45) is -4.23. The summed E-state index contributed by atoms with van der Waals surface area (Å²) >= 11 is 0. The van der Waals surface area contributed by atoms with Gasteiger partial charge in [0.25, 0.3) is 0 Å². The van der Waals surface area contributed by atoms with E-state index in [1.165, 1.54) is 4.28 Å². The summed E-state index contributed by atoms with van der Waals surface area (Å²) in [5.41, 5.74) is -0.734. The normalized spacial score (nSPS) is 19.6. The van der Waals surface area contributed by atoms with E-state index in [0.29, 0.717) is 26.1 Å². The van der Waals surface area contributed by atoms with Crippen molar-refractivity contribution in [3.63, 3.8) is 0 Å². The Balaban J connectivity index is 0.000000479. The molecule has 0 aliphatic carbocycles. The summed E-state index contributed by atoms with van der Waals surface area (Å²) in [6.45, 7) is 4.50. The van der Waals surface area contributed by atoms with Gasteiger partial charge in [-0.1, -0.05) is 20.8 Å². The molecule has 2 aliphatic heterocycles. The number of aliphatic hydroxyl groups is 2. The smallest absolute Gasteiger partial charge is 0.582 e. The van der Waals surface area contributed by atoms with Crippen LogP contribution in [0.2, 0.25) is 0 Å². The van der Waals surface area contributed by atoms with E-state index in [0.717, 1.165) is 0 Å². The third kappa shape index (κ3) is 11.7. The zero-order valence-electron chi connectivity index (χ0n) is 17.8. The molecule has 0 radical (unpaired) electrons. The van der Waals surface area contributed by atoms with E-state index in [1.54, 1.807) is 20.8 Å². The summed E-state index contributed by atoms with van der Waals surface area (Å²) in [6, 6.07) is 0. The standard InChI is InChI=1S/C8H11F5O2.C5H12O2.C4H8BF3O/c1-6(2-14-3-6)4-15-5-7(9,10)8(11,12)13;1-5(2,3-6)4-7;6-5(7,8)9-3-1-2-4-9/h2-5H2,1H3;6-7H,3-4H2,1-2H3;1-4H2. The molecule has 2 aliphatic rings. The zero-order valence-corrected chi connectivity index (χ0v) is 17.8. The van der Waals surface area contributed by atoms with Crippen LogP contribution in [0.25, 0.3) is 0 Å². The van der Waals surface area contributed by atoms with E-state index >= 15 is 0 Å². The van der Waals surface area contributed by atoms with Gasteiger partial charge >= 0.3 is 19.3 Å². The Morgan fingerprint density at radius 3 is 1.65 bits per heavy atom. The maximum absolute atomic E-state index is 12.3. The summed E-state index contributed by atoms with van der Waals surface area (Å²) in [7, 11) is -4.76. The number of alkyl halides is 5. The van der Waals surface area contributed by atoms with Gasteiger partial charge in [-0.25, -0.2) is 0 Å². The van der Waals surface area contributed by atoms with Gasteiger partial charge in [0.15, 0.2) is 0 Å². The molecular weight excluding hydrogens is 447 g/mol. The Morgan fingerprint density at radius 1 is 0.968 bits per heavy atom. The largest absolute Gasteiger partial charge is 0.843 e. The van der Waals surface area contributed by atoms with Crippen LogP contribution in [0.15, 0.2) is 0 Å². The van der Waals surface area contributed by atoms with Crippen molar-refractivity contribution < 1.29 is 58.9 Å². The van der Waals surface area contributed by atoms with Crippen LogP contribution in [0.4, 0.5) is 34.9 Å². The SMILES string of the molecule is CC(C)(CO)CO.CC1(COCC(F)(F)C(F)(F)F)COC1.F[B-](F)(F)[O+]1CCCC1. The molecule has 5 nitrogen and oxygen atoms in total. The topological polar surface area (TPSA) is 61.6 Å². The van der Waals surface area contributed by atoms with Gasteiger partial charge in [0.05, 0.1) is 33.0 Å². The van der Waals surface area contributed by atoms with Crippen molar-refractivity contribution in [3.8, 4) is 0 Å². The molecule has 2 heterocycles. The maximum Gasteiger partial charge on any atom is 0.843 e. The molecule has 2 N–H and O–H groups in total. The van der Waals surface area contributed by atoms with E-state index in [2.05, 4.69) is 4.74 Å². The van der Waals surface area contributed by atoms with E-state index in [1.807, 2.05) is 0 Å². The van der Waals surface area contributed by atoms with Crippen molar-refractivity contribution in [2.45, 2.75) is 45.7 Å². The van der Waals surface area contributed by atoms with Gasteiger partial charge in [0, 0.05) is 23.7 Å². The first-order valence-corrected chi connectivity index (χ1v) is 9.57. The van der Waals surface area contributed by atoms with Crippen LogP contribution in [0.3, 0.4) is 0 Å². The molecule has 31 heavy (non-hydrogen) atoms. The van der Waals surface area contributed by atoms with Crippen molar-refractivity contribution in [1.29, 1.82) is 0 Å². The van der Waals surface area contributed by atoms with Crippen LogP contribution < -0.4 is 0 Å². The first kappa shape index (κ1) is 30.3. The van der Waals surface area contributed by atoms with Crippen molar-refractivity contribution >= 4 is 7.18 Å². The van der Waals surface area contributed by atoms with Gasteiger partial charge in [-0.15, -0.1) is 0 Å². The van der Waals surface area contributed by atoms with Crippen LogP contribution in [0.5, 0.6) is 0 Å². The molecule has 0 aromatic heterocycles. The zero-order chi connectivity index (χ0) is 24.6. The molecule has 0 aromatic rings. The molecule has 0 spiro atoms. The number of halogens is 8. The van der Waals surface area contributed by atoms with Gasteiger partial charge in [-0.3, -0.25) is 0 Å². The average molecular weight is 478 g/mol. The second-order valence-electron chi connectivity index (χ2n) is 8.65. The summed E-state index contributed by atoms with van der Waals surface area (Å²) in [5, 5.41) is 16.9. The van der Waals surface area contributed by atoms with Gasteiger partial charge in [0.2, 0.25) is 0 Å². The molecule has 14 heteroatoms. The Bertz CT molecular complexity index is 498. The van der Waals surface area contributed by atoms with Crippen LogP contribution in [0.1, 0.15) is 33.6 Å². The highest BCUT2D eigenvalue weighted by molar-refractivity contribution is 6.52. The van der Waals surface area contributed by atoms with Crippen molar-refractivity contribution in [2.75, 3.05) is 52.9 Å². The Hall–Kier alpha value is -0.695. The maximum atomic E-state index is 12.3. The fourth-order valence-electron chi connectivity index (χ4n) is 2.04. The fourth-order valence-corrected chi connectivity index (χ4v) is 2.04. The Labute approximate surface area is 176 Å². The predicted molar refractivity (Wildman–Crippen MR) is 97.8 cm³/mol. The summed E-state index contributed by atoms with van der Waals surface area (Å²) in [4.78, 5) is 0. The number of rotatable bonds is 7. The van der Waals surface area contributed by atoms with E-state index < -0.39 is 31.3 Å². The molecular formula is C17H31BF8O5. The molecule has 188 valence electrons. The van der Waals surface area contributed by atoms with Crippen LogP contribution in [0, 0.1) is 10.8 Å². The average Bonchev–Trinajstić information content (AvgIpc) is 3.15. The fraction of sp³-hybridized carbons (Fsp3) is 1.00. The van der Waals surface area contributed by atoms with Gasteiger partial charge in [-0.2, -0.15) is 22.0 Å². The monoisotopic (exact) mass is 478 g/mol. The van der Waals surface area contributed by atoms with Crippen molar-refractivity contribution in [1.82, 2.24) is 0 Å². The highest BCUT2D eigenvalue weighted by atomic mass is 19.4. The molecule has 0 saturated carbocycles. The van der Waals surface area contributed by atoms with Gasteiger partial charge < -0.3 is 36.9 Å². The van der Waals surface area contributed by atoms with E-state index in [9.17, 15) is 34.9 Å². The van der Waals surface area contributed by atoms with E-state index in [4.69, 9.17) is 14.9 Å². The number of ether oxygens (including phenoxy) is 2. The second kappa shape index (κ2) is 12.0. The highest BCUT2D eigenvalue weighted by Gasteiger charge is 2.57. The molecule has 2 saturated heterocycles. The van der Waals surface area contributed by atoms with Gasteiger partial charge in [0.1, 0.15) is 19.8 Å². The quantitative estimate of drug-likeness (QED) is 0.331. The molecule has 0 aromatic carbocycles. The van der Waals surface area contributed by atoms with Crippen molar-refractivity contribution in [2.24, 2.45) is 10.8 Å².